The lowest BCUT2D eigenvalue weighted by Gasteiger charge is -2.03. The van der Waals surface area contributed by atoms with Crippen molar-refractivity contribution in [3.05, 3.63) is 40.2 Å². The Morgan fingerprint density at radius 2 is 2.24 bits per heavy atom. The summed E-state index contributed by atoms with van der Waals surface area (Å²) in [7, 11) is 0. The zero-order valence-corrected chi connectivity index (χ0v) is 10.6. The number of benzene rings is 1. The molecular weight excluding hydrogens is 289 g/mol. The number of carbonyl (C=O) groups is 1. The minimum atomic E-state index is -0.502. The summed E-state index contributed by atoms with van der Waals surface area (Å²) in [6.45, 7) is 2.00. The summed E-state index contributed by atoms with van der Waals surface area (Å²) in [5.74, 6) is -0.913. The fraction of sp³-hybridized carbons (Fsp3) is 0.167. The SMILES string of the molecule is CCOC(=O)c1ccc2cc(Br)c(F)cc2n1. The largest absolute Gasteiger partial charge is 0.461 e. The number of carbonyl (C=O) groups excluding carboxylic acids is 1. The first-order valence-electron chi connectivity index (χ1n) is 5.04. The summed E-state index contributed by atoms with van der Waals surface area (Å²) in [6, 6.07) is 6.16. The molecule has 1 aromatic carbocycles. The third-order valence-corrected chi connectivity index (χ3v) is 2.82. The highest BCUT2D eigenvalue weighted by Gasteiger charge is 2.10. The van der Waals surface area contributed by atoms with Crippen LogP contribution in [0.3, 0.4) is 0 Å². The summed E-state index contributed by atoms with van der Waals surface area (Å²) in [4.78, 5) is 15.5. The molecular formula is C12H9BrFNO2. The number of esters is 1. The van der Waals surface area contributed by atoms with Gasteiger partial charge in [-0.15, -0.1) is 0 Å². The van der Waals surface area contributed by atoms with Crippen molar-refractivity contribution in [3.63, 3.8) is 0 Å². The van der Waals surface area contributed by atoms with E-state index in [1.54, 1.807) is 25.1 Å². The Hall–Kier alpha value is -1.49. The second-order valence-corrected chi connectivity index (χ2v) is 4.23. The molecule has 0 radical (unpaired) electrons. The third kappa shape index (κ3) is 2.44. The Bertz CT molecular complexity index is 586. The molecule has 17 heavy (non-hydrogen) atoms. The molecule has 2 rings (SSSR count). The average molecular weight is 298 g/mol. The molecule has 0 saturated carbocycles. The summed E-state index contributed by atoms with van der Waals surface area (Å²) in [5.41, 5.74) is 0.609. The van der Waals surface area contributed by atoms with Gasteiger partial charge in [0, 0.05) is 11.5 Å². The van der Waals surface area contributed by atoms with Gasteiger partial charge in [-0.25, -0.2) is 14.2 Å². The third-order valence-electron chi connectivity index (χ3n) is 2.22. The smallest absolute Gasteiger partial charge is 0.356 e. The van der Waals surface area contributed by atoms with E-state index >= 15 is 0 Å². The molecule has 0 fully saturated rings. The maximum absolute atomic E-state index is 13.3. The van der Waals surface area contributed by atoms with Crippen molar-refractivity contribution in [2.45, 2.75) is 6.92 Å². The van der Waals surface area contributed by atoms with Crippen molar-refractivity contribution in [1.29, 1.82) is 0 Å². The number of pyridine rings is 1. The zero-order valence-electron chi connectivity index (χ0n) is 9.04. The van der Waals surface area contributed by atoms with E-state index in [1.165, 1.54) is 6.07 Å². The predicted molar refractivity (Wildman–Crippen MR) is 65.4 cm³/mol. The molecule has 0 aliphatic carbocycles. The molecule has 0 bridgehead atoms. The second-order valence-electron chi connectivity index (χ2n) is 3.38. The van der Waals surface area contributed by atoms with Crippen LogP contribution in [0.15, 0.2) is 28.7 Å². The number of hydrogen-bond donors (Lipinski definition) is 0. The lowest BCUT2D eigenvalue weighted by molar-refractivity contribution is 0.0520. The number of hydrogen-bond acceptors (Lipinski definition) is 3. The van der Waals surface area contributed by atoms with Gasteiger partial charge in [0.15, 0.2) is 0 Å². The van der Waals surface area contributed by atoms with Crippen molar-refractivity contribution < 1.29 is 13.9 Å². The highest BCUT2D eigenvalue weighted by atomic mass is 79.9. The van der Waals surface area contributed by atoms with Gasteiger partial charge < -0.3 is 4.74 Å². The van der Waals surface area contributed by atoms with Crippen LogP contribution in [0, 0.1) is 5.82 Å². The van der Waals surface area contributed by atoms with Crippen LogP contribution in [0.2, 0.25) is 0 Å². The van der Waals surface area contributed by atoms with Crippen LogP contribution < -0.4 is 0 Å². The van der Waals surface area contributed by atoms with E-state index < -0.39 is 11.8 Å². The van der Waals surface area contributed by atoms with Gasteiger partial charge >= 0.3 is 5.97 Å². The van der Waals surface area contributed by atoms with Gasteiger partial charge in [0.25, 0.3) is 0 Å². The lowest BCUT2D eigenvalue weighted by Crippen LogP contribution is -2.06. The molecule has 2 aromatic rings. The molecule has 0 N–H and O–H groups in total. The Morgan fingerprint density at radius 3 is 2.94 bits per heavy atom. The molecule has 0 amide bonds. The molecule has 0 unspecified atom stereocenters. The van der Waals surface area contributed by atoms with Crippen molar-refractivity contribution in [1.82, 2.24) is 4.98 Å². The molecule has 0 aliphatic rings. The lowest BCUT2D eigenvalue weighted by atomic mass is 10.2. The standard InChI is InChI=1S/C12H9BrFNO2/c1-2-17-12(16)10-4-3-7-5-8(13)9(14)6-11(7)15-10/h3-6H,2H2,1H3. The molecule has 88 valence electrons. The number of aromatic nitrogens is 1. The maximum atomic E-state index is 13.3. The first kappa shape index (κ1) is 12.0. The van der Waals surface area contributed by atoms with E-state index in [-0.39, 0.29) is 12.3 Å². The Kier molecular flexibility index (Phi) is 3.38. The minimum absolute atomic E-state index is 0.182. The summed E-state index contributed by atoms with van der Waals surface area (Å²) in [6.07, 6.45) is 0. The highest BCUT2D eigenvalue weighted by molar-refractivity contribution is 9.10. The zero-order chi connectivity index (χ0) is 12.4. The van der Waals surface area contributed by atoms with Crippen molar-refractivity contribution >= 4 is 32.8 Å². The number of nitrogens with zero attached hydrogens (tertiary/aromatic N) is 1. The molecule has 3 nitrogen and oxygen atoms in total. The van der Waals surface area contributed by atoms with Crippen LogP contribution in [-0.4, -0.2) is 17.6 Å². The van der Waals surface area contributed by atoms with Crippen molar-refractivity contribution in [3.8, 4) is 0 Å². The molecule has 5 heteroatoms. The van der Waals surface area contributed by atoms with Crippen LogP contribution in [0.1, 0.15) is 17.4 Å². The van der Waals surface area contributed by atoms with E-state index in [1.807, 2.05) is 0 Å². The van der Waals surface area contributed by atoms with Crippen LogP contribution in [-0.2, 0) is 4.74 Å². The van der Waals surface area contributed by atoms with E-state index in [0.717, 1.165) is 5.39 Å². The minimum Gasteiger partial charge on any atom is -0.461 e. The van der Waals surface area contributed by atoms with E-state index in [4.69, 9.17) is 4.74 Å². The Balaban J connectivity index is 2.50. The molecule has 1 aromatic heterocycles. The normalized spacial score (nSPS) is 10.5. The molecule has 1 heterocycles. The number of halogens is 2. The topological polar surface area (TPSA) is 39.2 Å². The first-order chi connectivity index (χ1) is 8.11. The second kappa shape index (κ2) is 4.79. The maximum Gasteiger partial charge on any atom is 0.356 e. The average Bonchev–Trinajstić information content (AvgIpc) is 2.30. The van der Waals surface area contributed by atoms with Crippen molar-refractivity contribution in [2.75, 3.05) is 6.61 Å². The Morgan fingerprint density at radius 1 is 1.47 bits per heavy atom. The van der Waals surface area contributed by atoms with Crippen LogP contribution in [0.4, 0.5) is 4.39 Å². The highest BCUT2D eigenvalue weighted by Crippen LogP contribution is 2.22. The quantitative estimate of drug-likeness (QED) is 0.798. The summed E-state index contributed by atoms with van der Waals surface area (Å²) < 4.78 is 18.5. The van der Waals surface area contributed by atoms with E-state index in [2.05, 4.69) is 20.9 Å². The molecule has 0 aliphatic heterocycles. The van der Waals surface area contributed by atoms with Gasteiger partial charge in [-0.1, -0.05) is 6.07 Å². The molecule has 0 saturated heterocycles. The van der Waals surface area contributed by atoms with Gasteiger partial charge in [0.05, 0.1) is 16.6 Å². The van der Waals surface area contributed by atoms with Crippen LogP contribution in [0.5, 0.6) is 0 Å². The van der Waals surface area contributed by atoms with Crippen LogP contribution >= 0.6 is 15.9 Å². The predicted octanol–water partition coefficient (Wildman–Crippen LogP) is 3.31. The van der Waals surface area contributed by atoms with Gasteiger partial charge in [-0.2, -0.15) is 0 Å². The molecule has 0 atom stereocenters. The molecule has 0 spiro atoms. The monoisotopic (exact) mass is 297 g/mol. The van der Waals surface area contributed by atoms with Gasteiger partial charge in [-0.05, 0) is 35.0 Å². The van der Waals surface area contributed by atoms with E-state index in [0.29, 0.717) is 9.99 Å². The number of fused-ring (bicyclic) bond motifs is 1. The van der Waals surface area contributed by atoms with E-state index in [9.17, 15) is 9.18 Å². The first-order valence-corrected chi connectivity index (χ1v) is 5.84. The van der Waals surface area contributed by atoms with Gasteiger partial charge in [-0.3, -0.25) is 0 Å². The van der Waals surface area contributed by atoms with Gasteiger partial charge in [0.2, 0.25) is 0 Å². The van der Waals surface area contributed by atoms with Crippen LogP contribution in [0.25, 0.3) is 10.9 Å². The fourth-order valence-corrected chi connectivity index (χ4v) is 1.80. The fourth-order valence-electron chi connectivity index (χ4n) is 1.44. The van der Waals surface area contributed by atoms with Crippen molar-refractivity contribution in [2.24, 2.45) is 0 Å². The summed E-state index contributed by atoms with van der Waals surface area (Å²) in [5, 5.41) is 0.756. The summed E-state index contributed by atoms with van der Waals surface area (Å²) >= 11 is 3.09. The number of ether oxygens (including phenoxy) is 1. The Labute approximate surface area is 106 Å². The number of rotatable bonds is 2. The van der Waals surface area contributed by atoms with Gasteiger partial charge in [0.1, 0.15) is 11.5 Å².